The fraction of sp³-hybridized carbons (Fsp3) is 0.150. The molecule has 0 atom stereocenters. The second kappa shape index (κ2) is 14.9. The molecule has 6 aromatic rings. The normalized spacial score (nSPS) is 11.7. The van der Waals surface area contributed by atoms with E-state index in [1.165, 1.54) is 11.1 Å². The molecule has 6 aromatic carbocycles. The first-order chi connectivity index (χ1) is 22.4. The van der Waals surface area contributed by atoms with Crippen molar-refractivity contribution in [2.24, 2.45) is 21.5 Å². The van der Waals surface area contributed by atoms with E-state index in [1.807, 2.05) is 84.6 Å². The van der Waals surface area contributed by atoms with Gasteiger partial charge in [-0.2, -0.15) is 0 Å². The van der Waals surface area contributed by atoms with Crippen LogP contribution in [0.4, 0.5) is 22.7 Å². The Hall–Kier alpha value is -5.62. The van der Waals surface area contributed by atoms with Gasteiger partial charge in [0, 0.05) is 36.2 Å². The number of nitrogens with zero attached hydrogens (tertiary/aromatic N) is 4. The SMILES string of the molecule is CCc1cccc(N(C)C(N)=Nc2cccc3ccccc23)c1.CCc1cccc(N(C)C(N)=Nc2cccc3ccccc23)c1. The molecule has 6 heteroatoms. The lowest BCUT2D eigenvalue weighted by molar-refractivity contribution is 1.13. The maximum Gasteiger partial charge on any atom is 0.200 e. The van der Waals surface area contributed by atoms with Gasteiger partial charge in [0.25, 0.3) is 0 Å². The summed E-state index contributed by atoms with van der Waals surface area (Å²) in [7, 11) is 3.89. The minimum atomic E-state index is 0.481. The molecule has 0 aromatic heterocycles. The molecule has 4 N–H and O–H groups in total. The highest BCUT2D eigenvalue weighted by atomic mass is 15.2. The van der Waals surface area contributed by atoms with Crippen molar-refractivity contribution in [1.82, 2.24) is 0 Å². The highest BCUT2D eigenvalue weighted by Gasteiger charge is 2.09. The molecular formula is C40H42N6. The van der Waals surface area contributed by atoms with Crippen molar-refractivity contribution in [3.63, 3.8) is 0 Å². The summed E-state index contributed by atoms with van der Waals surface area (Å²) in [4.78, 5) is 13.1. The molecule has 232 valence electrons. The van der Waals surface area contributed by atoms with Crippen LogP contribution in [0.1, 0.15) is 25.0 Å². The Bertz CT molecular complexity index is 1840. The maximum atomic E-state index is 6.24. The average Bonchev–Trinajstić information content (AvgIpc) is 3.11. The number of hydrogen-bond acceptors (Lipinski definition) is 2. The monoisotopic (exact) mass is 606 g/mol. The zero-order valence-corrected chi connectivity index (χ0v) is 27.1. The third-order valence-corrected chi connectivity index (χ3v) is 8.10. The molecule has 0 bridgehead atoms. The highest BCUT2D eigenvalue weighted by Crippen LogP contribution is 2.27. The van der Waals surface area contributed by atoms with Crippen LogP contribution < -0.4 is 21.3 Å². The quantitative estimate of drug-likeness (QED) is 0.146. The number of aryl methyl sites for hydroxylation is 2. The fourth-order valence-corrected chi connectivity index (χ4v) is 5.24. The summed E-state index contributed by atoms with van der Waals surface area (Å²) in [5.74, 6) is 0.962. The van der Waals surface area contributed by atoms with Gasteiger partial charge in [-0.3, -0.25) is 0 Å². The molecule has 0 amide bonds. The van der Waals surface area contributed by atoms with Gasteiger partial charge in [0.05, 0.1) is 11.4 Å². The Balaban J connectivity index is 0.000000181. The van der Waals surface area contributed by atoms with Crippen LogP contribution in [0, 0.1) is 0 Å². The van der Waals surface area contributed by atoms with E-state index in [2.05, 4.69) is 96.6 Å². The van der Waals surface area contributed by atoms with Crippen LogP contribution in [0.25, 0.3) is 21.5 Å². The van der Waals surface area contributed by atoms with Gasteiger partial charge >= 0.3 is 0 Å². The number of benzene rings is 6. The van der Waals surface area contributed by atoms with Gasteiger partial charge in [0.1, 0.15) is 0 Å². The summed E-state index contributed by atoms with van der Waals surface area (Å²) in [6, 6.07) is 45.3. The number of anilines is 2. The summed E-state index contributed by atoms with van der Waals surface area (Å²) >= 11 is 0. The summed E-state index contributed by atoms with van der Waals surface area (Å²) < 4.78 is 0. The van der Waals surface area contributed by atoms with Gasteiger partial charge in [-0.25, -0.2) is 9.98 Å². The van der Waals surface area contributed by atoms with E-state index in [-0.39, 0.29) is 0 Å². The van der Waals surface area contributed by atoms with Crippen molar-refractivity contribution in [3.8, 4) is 0 Å². The highest BCUT2D eigenvalue weighted by molar-refractivity contribution is 6.01. The largest absolute Gasteiger partial charge is 0.369 e. The molecule has 0 radical (unpaired) electrons. The third-order valence-electron chi connectivity index (χ3n) is 8.10. The zero-order chi connectivity index (χ0) is 32.5. The van der Waals surface area contributed by atoms with E-state index in [9.17, 15) is 0 Å². The molecule has 0 spiro atoms. The zero-order valence-electron chi connectivity index (χ0n) is 27.1. The van der Waals surface area contributed by atoms with Crippen molar-refractivity contribution in [2.75, 3.05) is 23.9 Å². The number of nitrogens with two attached hydrogens (primary N) is 2. The summed E-state index contributed by atoms with van der Waals surface area (Å²) in [6.07, 6.45) is 2.00. The van der Waals surface area contributed by atoms with Gasteiger partial charge in [-0.15, -0.1) is 0 Å². The number of hydrogen-bond donors (Lipinski definition) is 2. The van der Waals surface area contributed by atoms with Crippen molar-refractivity contribution in [3.05, 3.63) is 145 Å². The molecule has 0 aliphatic rings. The lowest BCUT2D eigenvalue weighted by atomic mass is 10.1. The predicted octanol–water partition coefficient (Wildman–Crippen LogP) is 8.97. The second-order valence-electron chi connectivity index (χ2n) is 11.1. The Morgan fingerprint density at radius 2 is 0.870 bits per heavy atom. The van der Waals surface area contributed by atoms with Gasteiger partial charge in [0.2, 0.25) is 11.9 Å². The van der Waals surface area contributed by atoms with Crippen LogP contribution >= 0.6 is 0 Å². The molecular weight excluding hydrogens is 564 g/mol. The molecule has 0 aliphatic carbocycles. The number of aliphatic imine (C=N–C) groups is 2. The van der Waals surface area contributed by atoms with Crippen LogP contribution in [0.5, 0.6) is 0 Å². The molecule has 46 heavy (non-hydrogen) atoms. The minimum Gasteiger partial charge on any atom is -0.369 e. The summed E-state index contributed by atoms with van der Waals surface area (Å²) in [5, 5.41) is 4.54. The van der Waals surface area contributed by atoms with Crippen molar-refractivity contribution < 1.29 is 0 Å². The molecule has 6 rings (SSSR count). The minimum absolute atomic E-state index is 0.481. The first-order valence-corrected chi connectivity index (χ1v) is 15.7. The number of rotatable bonds is 6. The van der Waals surface area contributed by atoms with E-state index in [4.69, 9.17) is 11.5 Å². The van der Waals surface area contributed by atoms with E-state index >= 15 is 0 Å². The Labute approximate surface area is 272 Å². The average molecular weight is 607 g/mol. The van der Waals surface area contributed by atoms with E-state index < -0.39 is 0 Å². The summed E-state index contributed by atoms with van der Waals surface area (Å²) in [5.41, 5.74) is 18.9. The van der Waals surface area contributed by atoms with Crippen LogP contribution in [-0.4, -0.2) is 26.0 Å². The smallest absolute Gasteiger partial charge is 0.200 e. The molecule has 0 saturated heterocycles. The Morgan fingerprint density at radius 3 is 1.28 bits per heavy atom. The Kier molecular flexibility index (Phi) is 10.3. The molecule has 0 saturated carbocycles. The van der Waals surface area contributed by atoms with Gasteiger partial charge in [0.15, 0.2) is 0 Å². The van der Waals surface area contributed by atoms with Crippen molar-refractivity contribution in [2.45, 2.75) is 26.7 Å². The van der Waals surface area contributed by atoms with Gasteiger partial charge < -0.3 is 21.3 Å². The topological polar surface area (TPSA) is 83.2 Å². The first-order valence-electron chi connectivity index (χ1n) is 15.7. The van der Waals surface area contributed by atoms with Crippen LogP contribution in [-0.2, 0) is 12.8 Å². The van der Waals surface area contributed by atoms with E-state index in [0.717, 1.165) is 57.1 Å². The molecule has 6 nitrogen and oxygen atoms in total. The van der Waals surface area contributed by atoms with E-state index in [1.54, 1.807) is 0 Å². The van der Waals surface area contributed by atoms with Crippen LogP contribution in [0.15, 0.2) is 143 Å². The van der Waals surface area contributed by atoms with Crippen LogP contribution in [0.2, 0.25) is 0 Å². The molecule has 0 heterocycles. The number of fused-ring (bicyclic) bond motifs is 2. The first kappa shape index (κ1) is 31.8. The predicted molar refractivity (Wildman–Crippen MR) is 199 cm³/mol. The summed E-state index contributed by atoms with van der Waals surface area (Å²) in [6.45, 7) is 4.29. The van der Waals surface area contributed by atoms with Gasteiger partial charge in [-0.1, -0.05) is 111 Å². The lowest BCUT2D eigenvalue weighted by Gasteiger charge is -2.19. The Morgan fingerprint density at radius 1 is 0.500 bits per heavy atom. The van der Waals surface area contributed by atoms with Crippen molar-refractivity contribution >= 4 is 56.2 Å². The maximum absolute atomic E-state index is 6.24. The third kappa shape index (κ3) is 7.53. The van der Waals surface area contributed by atoms with Gasteiger partial charge in [-0.05, 0) is 71.1 Å². The fourth-order valence-electron chi connectivity index (χ4n) is 5.24. The standard InChI is InChI=1S/2C20H21N3/c2*1-3-15-8-6-11-17(14-15)23(2)20(21)22-19-13-7-10-16-9-4-5-12-18(16)19/h2*4-14H,3H2,1-2H3,(H2,21,22). The molecule has 0 fully saturated rings. The molecule has 0 unspecified atom stereocenters. The lowest BCUT2D eigenvalue weighted by Crippen LogP contribution is -2.33. The van der Waals surface area contributed by atoms with Crippen molar-refractivity contribution in [1.29, 1.82) is 0 Å². The van der Waals surface area contributed by atoms with Crippen LogP contribution in [0.3, 0.4) is 0 Å². The molecule has 0 aliphatic heterocycles. The number of guanidine groups is 2. The van der Waals surface area contributed by atoms with E-state index in [0.29, 0.717) is 11.9 Å². The second-order valence-corrected chi connectivity index (χ2v) is 11.1.